The third-order valence-electron chi connectivity index (χ3n) is 4.36. The Labute approximate surface area is 195 Å². The predicted octanol–water partition coefficient (Wildman–Crippen LogP) is 3.25. The van der Waals surface area contributed by atoms with Gasteiger partial charge in [0.1, 0.15) is 17.1 Å². The summed E-state index contributed by atoms with van der Waals surface area (Å²) in [6.45, 7) is -0.471. The van der Waals surface area contributed by atoms with E-state index in [1.807, 2.05) is 0 Å². The van der Waals surface area contributed by atoms with E-state index >= 15 is 0 Å². The van der Waals surface area contributed by atoms with Crippen LogP contribution in [0, 0.1) is 0 Å². The maximum atomic E-state index is 12.5. The monoisotopic (exact) mass is 483 g/mol. The van der Waals surface area contributed by atoms with Crippen LogP contribution in [0.25, 0.3) is 0 Å². The molecule has 0 aliphatic rings. The molecule has 0 aliphatic heterocycles. The van der Waals surface area contributed by atoms with Crippen LogP contribution in [0.4, 0.5) is 17.2 Å². The molecule has 0 atom stereocenters. The van der Waals surface area contributed by atoms with Crippen LogP contribution in [-0.2, 0) is 19.6 Å². The number of aromatic hydroxyl groups is 1. The molecule has 2 aromatic carbocycles. The standard InChI is InChI=1S/C22H21N5O6S/c1-27(2)21(29)14-33-22(30)18-13-16(8-11-19(18)28)25-24-15-6-9-17(10-7-15)34(31,32)26-20-5-3-4-12-23-20/h3-13,28H,14H2,1-2H3,(H,23,26)/b25-24+. The van der Waals surface area contributed by atoms with E-state index in [4.69, 9.17) is 4.74 Å². The fourth-order valence-electron chi connectivity index (χ4n) is 2.51. The average Bonchev–Trinajstić information content (AvgIpc) is 2.82. The van der Waals surface area contributed by atoms with E-state index in [9.17, 15) is 23.1 Å². The van der Waals surface area contributed by atoms with Crippen molar-refractivity contribution in [3.8, 4) is 5.75 Å². The van der Waals surface area contributed by atoms with Gasteiger partial charge in [0, 0.05) is 20.3 Å². The zero-order valence-corrected chi connectivity index (χ0v) is 19.1. The number of esters is 1. The molecule has 0 saturated carbocycles. The van der Waals surface area contributed by atoms with Crippen LogP contribution in [0.2, 0.25) is 0 Å². The minimum absolute atomic E-state index is 0.0130. The number of amides is 1. The van der Waals surface area contributed by atoms with E-state index in [-0.39, 0.29) is 27.7 Å². The van der Waals surface area contributed by atoms with Crippen LogP contribution >= 0.6 is 0 Å². The maximum absolute atomic E-state index is 12.5. The van der Waals surface area contributed by atoms with Gasteiger partial charge in [0.15, 0.2) is 6.61 Å². The zero-order valence-electron chi connectivity index (χ0n) is 18.2. The molecular formula is C22H21N5O6S. The number of nitrogens with zero attached hydrogens (tertiary/aromatic N) is 4. The highest BCUT2D eigenvalue weighted by Crippen LogP contribution is 2.26. The Morgan fingerprint density at radius 1 is 1.03 bits per heavy atom. The number of hydrogen-bond acceptors (Lipinski definition) is 9. The maximum Gasteiger partial charge on any atom is 0.342 e. The number of ether oxygens (including phenoxy) is 1. The molecule has 1 aromatic heterocycles. The zero-order chi connectivity index (χ0) is 24.7. The molecule has 2 N–H and O–H groups in total. The van der Waals surface area contributed by atoms with Gasteiger partial charge in [-0.25, -0.2) is 18.2 Å². The largest absolute Gasteiger partial charge is 0.507 e. The van der Waals surface area contributed by atoms with Gasteiger partial charge in [0.05, 0.1) is 16.3 Å². The fourth-order valence-corrected chi connectivity index (χ4v) is 3.52. The van der Waals surface area contributed by atoms with Crippen molar-refractivity contribution in [2.45, 2.75) is 4.90 Å². The van der Waals surface area contributed by atoms with E-state index in [0.717, 1.165) is 0 Å². The molecule has 0 aliphatic carbocycles. The molecule has 1 heterocycles. The van der Waals surface area contributed by atoms with Gasteiger partial charge in [-0.15, -0.1) is 0 Å². The molecule has 0 unspecified atom stereocenters. The number of carbonyl (C=O) groups is 2. The van der Waals surface area contributed by atoms with Crippen LogP contribution in [0.5, 0.6) is 5.75 Å². The van der Waals surface area contributed by atoms with Gasteiger partial charge in [-0.05, 0) is 54.6 Å². The van der Waals surface area contributed by atoms with Gasteiger partial charge < -0.3 is 14.7 Å². The van der Waals surface area contributed by atoms with E-state index in [1.54, 1.807) is 12.1 Å². The van der Waals surface area contributed by atoms with E-state index in [2.05, 4.69) is 19.9 Å². The summed E-state index contributed by atoms with van der Waals surface area (Å²) in [6, 6.07) is 14.4. The lowest BCUT2D eigenvalue weighted by Crippen LogP contribution is -2.27. The third kappa shape index (κ3) is 6.36. The van der Waals surface area contributed by atoms with Gasteiger partial charge in [-0.2, -0.15) is 10.2 Å². The van der Waals surface area contributed by atoms with E-state index in [1.165, 1.54) is 73.7 Å². The van der Waals surface area contributed by atoms with Crippen molar-refractivity contribution in [1.82, 2.24) is 9.88 Å². The second-order valence-corrected chi connectivity index (χ2v) is 8.76. The number of sulfonamides is 1. The second kappa shape index (κ2) is 10.5. The first-order chi connectivity index (χ1) is 16.2. The first-order valence-corrected chi connectivity index (χ1v) is 11.3. The van der Waals surface area contributed by atoms with Crippen molar-refractivity contribution in [2.24, 2.45) is 10.2 Å². The minimum atomic E-state index is -3.83. The molecule has 3 aromatic rings. The lowest BCUT2D eigenvalue weighted by Gasteiger charge is -2.11. The summed E-state index contributed by atoms with van der Waals surface area (Å²) in [5.41, 5.74) is 0.410. The molecule has 1 amide bonds. The fraction of sp³-hybridized carbons (Fsp3) is 0.136. The summed E-state index contributed by atoms with van der Waals surface area (Å²) < 4.78 is 32.2. The summed E-state index contributed by atoms with van der Waals surface area (Å²) in [7, 11) is -0.782. The minimum Gasteiger partial charge on any atom is -0.507 e. The predicted molar refractivity (Wildman–Crippen MR) is 123 cm³/mol. The number of rotatable bonds is 8. The molecule has 0 fully saturated rings. The van der Waals surface area contributed by atoms with Crippen molar-refractivity contribution >= 4 is 39.1 Å². The van der Waals surface area contributed by atoms with Gasteiger partial charge in [-0.1, -0.05) is 6.07 Å². The Kier molecular flexibility index (Phi) is 7.53. The smallest absolute Gasteiger partial charge is 0.342 e. The number of benzene rings is 2. The van der Waals surface area contributed by atoms with Gasteiger partial charge in [0.25, 0.3) is 15.9 Å². The van der Waals surface area contributed by atoms with Crippen LogP contribution in [0.1, 0.15) is 10.4 Å². The molecule has 0 bridgehead atoms. The molecule has 0 spiro atoms. The molecule has 0 radical (unpaired) electrons. The van der Waals surface area contributed by atoms with Crippen LogP contribution in [-0.4, -0.2) is 56.0 Å². The Bertz CT molecular complexity index is 1310. The molecule has 0 saturated heterocycles. The molecular weight excluding hydrogens is 462 g/mol. The third-order valence-corrected chi connectivity index (χ3v) is 5.73. The molecule has 3 rings (SSSR count). The number of anilines is 1. The van der Waals surface area contributed by atoms with Gasteiger partial charge >= 0.3 is 5.97 Å². The van der Waals surface area contributed by atoms with E-state index < -0.39 is 28.5 Å². The Balaban J connectivity index is 1.70. The van der Waals surface area contributed by atoms with Gasteiger partial charge in [0.2, 0.25) is 0 Å². The highest BCUT2D eigenvalue weighted by molar-refractivity contribution is 7.92. The lowest BCUT2D eigenvalue weighted by atomic mass is 10.2. The molecule has 34 heavy (non-hydrogen) atoms. The number of nitrogens with one attached hydrogen (secondary N) is 1. The SMILES string of the molecule is CN(C)C(=O)COC(=O)c1cc(/N=N/c2ccc(S(=O)(=O)Nc3ccccn3)cc2)ccc1O. The molecule has 12 heteroatoms. The van der Waals surface area contributed by atoms with Gasteiger partial charge in [-0.3, -0.25) is 9.52 Å². The summed E-state index contributed by atoms with van der Waals surface area (Å²) in [4.78, 5) is 29.0. The summed E-state index contributed by atoms with van der Waals surface area (Å²) in [6.07, 6.45) is 1.47. The van der Waals surface area contributed by atoms with Crippen molar-refractivity contribution in [2.75, 3.05) is 25.4 Å². The van der Waals surface area contributed by atoms with Crippen molar-refractivity contribution in [3.05, 3.63) is 72.4 Å². The number of azo groups is 1. The number of pyridine rings is 1. The summed E-state index contributed by atoms with van der Waals surface area (Å²) >= 11 is 0. The number of likely N-dealkylation sites (N-methyl/N-ethyl adjacent to an activating group) is 1. The second-order valence-electron chi connectivity index (χ2n) is 7.08. The van der Waals surface area contributed by atoms with Crippen molar-refractivity contribution < 1.29 is 27.9 Å². The average molecular weight is 484 g/mol. The Morgan fingerprint density at radius 2 is 1.71 bits per heavy atom. The summed E-state index contributed by atoms with van der Waals surface area (Å²) in [5.74, 6) is -1.45. The number of phenols is 1. The first-order valence-electron chi connectivity index (χ1n) is 9.81. The Morgan fingerprint density at radius 3 is 2.35 bits per heavy atom. The number of aromatic nitrogens is 1. The molecule has 11 nitrogen and oxygen atoms in total. The van der Waals surface area contributed by atoms with E-state index in [0.29, 0.717) is 5.69 Å². The van der Waals surface area contributed by atoms with Crippen molar-refractivity contribution in [1.29, 1.82) is 0 Å². The number of carbonyl (C=O) groups excluding carboxylic acids is 2. The lowest BCUT2D eigenvalue weighted by molar-refractivity contribution is -0.131. The van der Waals surface area contributed by atoms with Crippen molar-refractivity contribution in [3.63, 3.8) is 0 Å². The summed E-state index contributed by atoms with van der Waals surface area (Å²) in [5, 5.41) is 18.0. The molecule has 176 valence electrons. The number of phenolic OH excluding ortho intramolecular Hbond substituents is 1. The van der Waals surface area contributed by atoms with Crippen LogP contribution in [0.3, 0.4) is 0 Å². The normalized spacial score (nSPS) is 11.2. The van der Waals surface area contributed by atoms with Crippen LogP contribution in [0.15, 0.2) is 82.0 Å². The number of hydrogen-bond donors (Lipinski definition) is 2. The van der Waals surface area contributed by atoms with Crippen LogP contribution < -0.4 is 4.72 Å². The topological polar surface area (TPSA) is 151 Å². The first kappa shape index (κ1) is 24.3. The Hall–Kier alpha value is -4.32. The highest BCUT2D eigenvalue weighted by Gasteiger charge is 2.17. The highest BCUT2D eigenvalue weighted by atomic mass is 32.2. The quantitative estimate of drug-likeness (QED) is 0.369.